The molecule has 0 bridgehead atoms. The number of amides is 1. The number of hydrogen-bond donors (Lipinski definition) is 1. The maximum Gasteiger partial charge on any atom is 0.341 e. The van der Waals surface area contributed by atoms with Gasteiger partial charge in [-0.2, -0.15) is 5.26 Å². The Balaban J connectivity index is 2.13. The van der Waals surface area contributed by atoms with Crippen LogP contribution in [0, 0.1) is 27.4 Å². The van der Waals surface area contributed by atoms with Crippen molar-refractivity contribution in [3.63, 3.8) is 0 Å². The Bertz CT molecular complexity index is 751. The van der Waals surface area contributed by atoms with Crippen LogP contribution in [0.3, 0.4) is 0 Å². The van der Waals surface area contributed by atoms with E-state index in [-0.39, 0.29) is 24.2 Å². The van der Waals surface area contributed by atoms with E-state index in [0.717, 1.165) is 25.9 Å². The number of rotatable bonds is 7. The second kappa shape index (κ2) is 9.52. The van der Waals surface area contributed by atoms with Crippen LogP contribution < -0.4 is 10.2 Å². The highest BCUT2D eigenvalue weighted by Crippen LogP contribution is 2.29. The molecule has 0 spiro atoms. The number of carbonyl (C=O) groups is 2. The summed E-state index contributed by atoms with van der Waals surface area (Å²) in [6.45, 7) is 3.30. The van der Waals surface area contributed by atoms with Gasteiger partial charge in [-0.25, -0.2) is 4.79 Å². The predicted octanol–water partition coefficient (Wildman–Crippen LogP) is 2.02. The van der Waals surface area contributed by atoms with Crippen molar-refractivity contribution in [2.75, 3.05) is 31.1 Å². The standard InChI is InChI=1S/C18H22N4O5/c1-13-5-9-21(10-6-13)16-4-3-14(22(25)26)11-15(16)18(24)27-12-17(23)20-8-2-7-19/h3-4,11,13H,2,5-6,8-10,12H2,1H3,(H,20,23). The number of hydrogen-bond acceptors (Lipinski definition) is 7. The highest BCUT2D eigenvalue weighted by Gasteiger charge is 2.24. The molecule has 9 nitrogen and oxygen atoms in total. The fourth-order valence-corrected chi connectivity index (χ4v) is 2.84. The molecule has 2 rings (SSSR count). The van der Waals surface area contributed by atoms with Crippen LogP contribution in [0.15, 0.2) is 18.2 Å². The van der Waals surface area contributed by atoms with Crippen molar-refractivity contribution < 1.29 is 19.2 Å². The highest BCUT2D eigenvalue weighted by molar-refractivity contribution is 5.97. The molecule has 144 valence electrons. The lowest BCUT2D eigenvalue weighted by molar-refractivity contribution is -0.384. The van der Waals surface area contributed by atoms with E-state index in [2.05, 4.69) is 12.2 Å². The van der Waals surface area contributed by atoms with Gasteiger partial charge in [-0.05, 0) is 24.8 Å². The van der Waals surface area contributed by atoms with Crippen LogP contribution in [-0.2, 0) is 9.53 Å². The third-order valence-electron chi connectivity index (χ3n) is 4.43. The average molecular weight is 374 g/mol. The predicted molar refractivity (Wildman–Crippen MR) is 97.2 cm³/mol. The number of piperidine rings is 1. The Morgan fingerprint density at radius 3 is 2.74 bits per heavy atom. The van der Waals surface area contributed by atoms with Gasteiger partial charge < -0.3 is 15.0 Å². The first-order chi connectivity index (χ1) is 12.9. The van der Waals surface area contributed by atoms with Gasteiger partial charge in [0.05, 0.1) is 28.7 Å². The van der Waals surface area contributed by atoms with Crippen LogP contribution in [0.2, 0.25) is 0 Å². The number of anilines is 1. The molecule has 1 heterocycles. The van der Waals surface area contributed by atoms with Crippen LogP contribution in [-0.4, -0.2) is 43.0 Å². The van der Waals surface area contributed by atoms with Gasteiger partial charge >= 0.3 is 5.97 Å². The maximum atomic E-state index is 12.5. The van der Waals surface area contributed by atoms with Gasteiger partial charge in [-0.3, -0.25) is 14.9 Å². The quantitative estimate of drug-likeness (QED) is 0.335. The first-order valence-electron chi connectivity index (χ1n) is 8.76. The fraction of sp³-hybridized carbons (Fsp3) is 0.500. The van der Waals surface area contributed by atoms with Crippen molar-refractivity contribution in [1.82, 2.24) is 5.32 Å². The molecule has 0 saturated carbocycles. The number of non-ortho nitro benzene ring substituents is 1. The third-order valence-corrected chi connectivity index (χ3v) is 4.43. The average Bonchev–Trinajstić information content (AvgIpc) is 2.66. The van der Waals surface area contributed by atoms with E-state index >= 15 is 0 Å². The van der Waals surface area contributed by atoms with Crippen molar-refractivity contribution in [1.29, 1.82) is 5.26 Å². The number of nitro groups is 1. The highest BCUT2D eigenvalue weighted by atomic mass is 16.6. The number of nitrogens with zero attached hydrogens (tertiary/aromatic N) is 3. The molecule has 0 aromatic heterocycles. The summed E-state index contributed by atoms with van der Waals surface area (Å²) in [5.41, 5.74) is 0.431. The summed E-state index contributed by atoms with van der Waals surface area (Å²) in [4.78, 5) is 36.6. The van der Waals surface area contributed by atoms with Crippen LogP contribution in [0.5, 0.6) is 0 Å². The van der Waals surface area contributed by atoms with Gasteiger partial charge in [0.2, 0.25) is 0 Å². The van der Waals surface area contributed by atoms with Crippen molar-refractivity contribution >= 4 is 23.3 Å². The number of carbonyl (C=O) groups excluding carboxylic acids is 2. The summed E-state index contributed by atoms with van der Waals surface area (Å²) in [6, 6.07) is 5.98. The Kier molecular flexibility index (Phi) is 7.11. The molecule has 1 aromatic rings. The lowest BCUT2D eigenvalue weighted by atomic mass is 9.98. The minimum absolute atomic E-state index is 0.0728. The molecule has 0 radical (unpaired) electrons. The van der Waals surface area contributed by atoms with E-state index < -0.39 is 23.4 Å². The lowest BCUT2D eigenvalue weighted by Gasteiger charge is -2.33. The SMILES string of the molecule is CC1CCN(c2ccc([N+](=O)[O-])cc2C(=O)OCC(=O)NCCC#N)CC1. The second-order valence-electron chi connectivity index (χ2n) is 6.46. The molecule has 1 fully saturated rings. The Labute approximate surface area is 157 Å². The maximum absolute atomic E-state index is 12.5. The summed E-state index contributed by atoms with van der Waals surface area (Å²) in [6.07, 6.45) is 2.08. The van der Waals surface area contributed by atoms with E-state index in [9.17, 15) is 19.7 Å². The summed E-state index contributed by atoms with van der Waals surface area (Å²) >= 11 is 0. The largest absolute Gasteiger partial charge is 0.452 e. The van der Waals surface area contributed by atoms with E-state index in [4.69, 9.17) is 10.00 Å². The number of nitro benzene ring substituents is 1. The molecular formula is C18H22N4O5. The molecular weight excluding hydrogens is 352 g/mol. The first-order valence-corrected chi connectivity index (χ1v) is 8.76. The molecule has 0 atom stereocenters. The van der Waals surface area contributed by atoms with Gasteiger partial charge in [0.1, 0.15) is 0 Å². The zero-order chi connectivity index (χ0) is 19.8. The van der Waals surface area contributed by atoms with Gasteiger partial charge in [-0.15, -0.1) is 0 Å². The van der Waals surface area contributed by atoms with Gasteiger partial charge in [0.15, 0.2) is 6.61 Å². The molecule has 0 unspecified atom stereocenters. The van der Waals surface area contributed by atoms with Crippen molar-refractivity contribution in [2.24, 2.45) is 5.92 Å². The van der Waals surface area contributed by atoms with Gasteiger partial charge in [0, 0.05) is 31.8 Å². The molecule has 1 amide bonds. The zero-order valence-corrected chi connectivity index (χ0v) is 15.1. The zero-order valence-electron chi connectivity index (χ0n) is 15.1. The number of benzene rings is 1. The van der Waals surface area contributed by atoms with Crippen LogP contribution in [0.25, 0.3) is 0 Å². The number of nitrogens with one attached hydrogen (secondary N) is 1. The molecule has 1 aromatic carbocycles. The minimum Gasteiger partial charge on any atom is -0.452 e. The Morgan fingerprint density at radius 1 is 1.41 bits per heavy atom. The molecule has 1 aliphatic heterocycles. The first kappa shape index (κ1) is 20.2. The van der Waals surface area contributed by atoms with E-state index in [1.165, 1.54) is 12.1 Å². The van der Waals surface area contributed by atoms with Crippen molar-refractivity contribution in [2.45, 2.75) is 26.2 Å². The smallest absolute Gasteiger partial charge is 0.341 e. The molecule has 9 heteroatoms. The Morgan fingerprint density at radius 2 is 2.11 bits per heavy atom. The second-order valence-corrected chi connectivity index (χ2v) is 6.46. The summed E-state index contributed by atoms with van der Waals surface area (Å²) in [5.74, 6) is -0.730. The minimum atomic E-state index is -0.789. The van der Waals surface area contributed by atoms with E-state index in [1.54, 1.807) is 6.07 Å². The summed E-state index contributed by atoms with van der Waals surface area (Å²) < 4.78 is 5.02. The molecule has 1 N–H and O–H groups in total. The third kappa shape index (κ3) is 5.67. The van der Waals surface area contributed by atoms with E-state index in [0.29, 0.717) is 11.6 Å². The monoisotopic (exact) mass is 374 g/mol. The number of esters is 1. The number of ether oxygens (including phenoxy) is 1. The normalized spacial score (nSPS) is 14.3. The van der Waals surface area contributed by atoms with Crippen molar-refractivity contribution in [3.05, 3.63) is 33.9 Å². The van der Waals surface area contributed by atoms with Crippen LogP contribution >= 0.6 is 0 Å². The van der Waals surface area contributed by atoms with Crippen molar-refractivity contribution in [3.8, 4) is 6.07 Å². The molecule has 0 aliphatic carbocycles. The molecule has 27 heavy (non-hydrogen) atoms. The molecule has 1 aliphatic rings. The topological polar surface area (TPSA) is 126 Å². The fourth-order valence-electron chi connectivity index (χ4n) is 2.84. The molecule has 1 saturated heterocycles. The lowest BCUT2D eigenvalue weighted by Crippen LogP contribution is -2.34. The summed E-state index contributed by atoms with van der Waals surface area (Å²) in [7, 11) is 0. The summed E-state index contributed by atoms with van der Waals surface area (Å²) in [5, 5.41) is 22.0. The van der Waals surface area contributed by atoms with E-state index in [1.807, 2.05) is 11.0 Å². The van der Waals surface area contributed by atoms with Crippen LogP contribution in [0.1, 0.15) is 36.5 Å². The van der Waals surface area contributed by atoms with Gasteiger partial charge in [0.25, 0.3) is 11.6 Å². The van der Waals surface area contributed by atoms with Gasteiger partial charge in [-0.1, -0.05) is 6.92 Å². The van der Waals surface area contributed by atoms with Crippen LogP contribution in [0.4, 0.5) is 11.4 Å². The Hall–Kier alpha value is -3.15. The number of nitriles is 1.